The Kier molecular flexibility index (Phi) is 5.98. The first-order chi connectivity index (χ1) is 14.9. The molecule has 2 aromatic heterocycles. The highest BCUT2D eigenvalue weighted by Gasteiger charge is 2.33. The summed E-state index contributed by atoms with van der Waals surface area (Å²) in [5, 5.41) is 0. The molecule has 0 aliphatic carbocycles. The van der Waals surface area contributed by atoms with Crippen molar-refractivity contribution in [2.75, 3.05) is 25.5 Å². The summed E-state index contributed by atoms with van der Waals surface area (Å²) in [5.74, 6) is 0.803. The zero-order chi connectivity index (χ0) is 22.0. The van der Waals surface area contributed by atoms with Crippen LogP contribution in [0.1, 0.15) is 41.3 Å². The van der Waals surface area contributed by atoms with E-state index in [0.717, 1.165) is 47.3 Å². The Morgan fingerprint density at radius 2 is 1.87 bits per heavy atom. The molecule has 1 aromatic carbocycles. The van der Waals surface area contributed by atoms with Crippen molar-refractivity contribution < 1.29 is 4.79 Å². The molecule has 1 saturated heterocycles. The number of hydrogen-bond acceptors (Lipinski definition) is 5. The number of aromatic nitrogens is 3. The van der Waals surface area contributed by atoms with E-state index in [9.17, 15) is 4.79 Å². The number of likely N-dealkylation sites (tertiary alicyclic amines) is 1. The van der Waals surface area contributed by atoms with E-state index < -0.39 is 0 Å². The van der Waals surface area contributed by atoms with Crippen molar-refractivity contribution in [2.24, 2.45) is 0 Å². The fraction of sp³-hybridized carbons (Fsp3) is 0.360. The Morgan fingerprint density at radius 3 is 2.58 bits per heavy atom. The molecule has 1 amide bonds. The molecular formula is C25H29N5O. The molecule has 1 aliphatic heterocycles. The molecule has 0 bridgehead atoms. The summed E-state index contributed by atoms with van der Waals surface area (Å²) in [7, 11) is 3.87. The molecule has 1 unspecified atom stereocenters. The second-order valence-corrected chi connectivity index (χ2v) is 8.46. The molecule has 6 nitrogen and oxygen atoms in total. The normalized spacial score (nSPS) is 15.9. The van der Waals surface area contributed by atoms with Gasteiger partial charge in [-0.3, -0.25) is 9.78 Å². The number of hydrogen-bond donors (Lipinski definition) is 0. The Hall–Kier alpha value is -3.28. The average Bonchev–Trinajstić information content (AvgIpc) is 3.25. The van der Waals surface area contributed by atoms with E-state index in [-0.39, 0.29) is 11.9 Å². The molecule has 4 rings (SSSR count). The van der Waals surface area contributed by atoms with E-state index in [4.69, 9.17) is 4.98 Å². The van der Waals surface area contributed by atoms with Gasteiger partial charge < -0.3 is 9.80 Å². The van der Waals surface area contributed by atoms with E-state index in [1.54, 1.807) is 6.20 Å². The van der Waals surface area contributed by atoms with Gasteiger partial charge in [0.1, 0.15) is 0 Å². The van der Waals surface area contributed by atoms with Crippen LogP contribution < -0.4 is 4.90 Å². The fourth-order valence-corrected chi connectivity index (χ4v) is 4.17. The predicted molar refractivity (Wildman–Crippen MR) is 123 cm³/mol. The summed E-state index contributed by atoms with van der Waals surface area (Å²) in [5.41, 5.74) is 6.27. The number of aryl methyl sites for hydroxylation is 2. The van der Waals surface area contributed by atoms with Gasteiger partial charge in [-0.1, -0.05) is 29.8 Å². The Bertz CT molecular complexity index is 1080. The third kappa shape index (κ3) is 4.43. The first-order valence-corrected chi connectivity index (χ1v) is 10.7. The van der Waals surface area contributed by atoms with Gasteiger partial charge in [0.05, 0.1) is 18.2 Å². The summed E-state index contributed by atoms with van der Waals surface area (Å²) >= 11 is 0. The third-order valence-electron chi connectivity index (χ3n) is 5.88. The van der Waals surface area contributed by atoms with Crippen LogP contribution in [0.25, 0.3) is 11.1 Å². The fourth-order valence-electron chi connectivity index (χ4n) is 4.17. The molecule has 160 valence electrons. The Labute approximate surface area is 184 Å². The van der Waals surface area contributed by atoms with E-state index in [2.05, 4.69) is 29.0 Å². The summed E-state index contributed by atoms with van der Waals surface area (Å²) in [6.07, 6.45) is 7.82. The molecule has 3 heterocycles. The molecule has 0 saturated carbocycles. The molecule has 1 atom stereocenters. The monoisotopic (exact) mass is 415 g/mol. The molecule has 0 N–H and O–H groups in total. The van der Waals surface area contributed by atoms with Gasteiger partial charge in [0, 0.05) is 44.8 Å². The van der Waals surface area contributed by atoms with Crippen LogP contribution in [0.15, 0.2) is 48.9 Å². The summed E-state index contributed by atoms with van der Waals surface area (Å²) in [4.78, 5) is 30.9. The first-order valence-electron chi connectivity index (χ1n) is 10.7. The van der Waals surface area contributed by atoms with Gasteiger partial charge in [0.25, 0.3) is 0 Å². The highest BCUT2D eigenvalue weighted by Crippen LogP contribution is 2.38. The van der Waals surface area contributed by atoms with E-state index in [0.29, 0.717) is 12.4 Å². The Morgan fingerprint density at radius 1 is 1.10 bits per heavy atom. The lowest BCUT2D eigenvalue weighted by Crippen LogP contribution is -2.33. The van der Waals surface area contributed by atoms with Gasteiger partial charge in [0.15, 0.2) is 0 Å². The van der Waals surface area contributed by atoms with Gasteiger partial charge in [0.2, 0.25) is 11.9 Å². The number of anilines is 1. The molecule has 0 radical (unpaired) electrons. The van der Waals surface area contributed by atoms with E-state index >= 15 is 0 Å². The predicted octanol–water partition coefficient (Wildman–Crippen LogP) is 4.13. The van der Waals surface area contributed by atoms with Gasteiger partial charge in [-0.15, -0.1) is 0 Å². The molecule has 1 fully saturated rings. The second-order valence-electron chi connectivity index (χ2n) is 8.46. The smallest absolute Gasteiger partial charge is 0.227 e. The van der Waals surface area contributed by atoms with Crippen molar-refractivity contribution in [3.63, 3.8) is 0 Å². The highest BCUT2D eigenvalue weighted by molar-refractivity contribution is 5.80. The van der Waals surface area contributed by atoms with E-state index in [1.807, 2.05) is 61.4 Å². The van der Waals surface area contributed by atoms with Gasteiger partial charge in [-0.05, 0) is 49.4 Å². The van der Waals surface area contributed by atoms with Crippen LogP contribution in [0.4, 0.5) is 5.95 Å². The molecular weight excluding hydrogens is 386 g/mol. The maximum absolute atomic E-state index is 13.3. The lowest BCUT2D eigenvalue weighted by Gasteiger charge is -2.27. The van der Waals surface area contributed by atoms with Crippen molar-refractivity contribution in [3.05, 3.63) is 71.3 Å². The second kappa shape index (κ2) is 8.84. The van der Waals surface area contributed by atoms with Crippen LogP contribution in [-0.4, -0.2) is 46.4 Å². The summed E-state index contributed by atoms with van der Waals surface area (Å²) < 4.78 is 0. The molecule has 31 heavy (non-hydrogen) atoms. The Balaban J connectivity index is 1.71. The number of rotatable bonds is 5. The SMILES string of the molecule is Cc1ccc(CC(=O)N2CCCC2c2nc(N(C)C)ncc2-c2ccncc2C)cc1. The lowest BCUT2D eigenvalue weighted by molar-refractivity contribution is -0.131. The molecule has 0 spiro atoms. The van der Waals surface area contributed by atoms with Crippen LogP contribution in [-0.2, 0) is 11.2 Å². The minimum absolute atomic E-state index is 0.0535. The number of carbonyl (C=O) groups excluding carboxylic acids is 1. The molecule has 3 aromatic rings. The minimum atomic E-state index is -0.0535. The van der Waals surface area contributed by atoms with Crippen molar-refractivity contribution in [1.29, 1.82) is 0 Å². The maximum Gasteiger partial charge on any atom is 0.227 e. The van der Waals surface area contributed by atoms with Crippen LogP contribution in [0.2, 0.25) is 0 Å². The standard InChI is InChI=1S/C25H29N5O/c1-17-7-9-19(10-8-17)14-23(31)30-13-5-6-22(30)24-21(16-27-25(28-24)29(3)4)20-11-12-26-15-18(20)2/h7-12,15-16,22H,5-6,13-14H2,1-4H3. The van der Waals surface area contributed by atoms with Crippen molar-refractivity contribution >= 4 is 11.9 Å². The first kappa shape index (κ1) is 21.0. The minimum Gasteiger partial charge on any atom is -0.347 e. The van der Waals surface area contributed by atoms with Crippen molar-refractivity contribution in [3.8, 4) is 11.1 Å². The van der Waals surface area contributed by atoms with Crippen molar-refractivity contribution in [1.82, 2.24) is 19.9 Å². The van der Waals surface area contributed by atoms with Gasteiger partial charge >= 0.3 is 0 Å². The van der Waals surface area contributed by atoms with Crippen LogP contribution in [0, 0.1) is 13.8 Å². The van der Waals surface area contributed by atoms with Crippen LogP contribution in [0.5, 0.6) is 0 Å². The van der Waals surface area contributed by atoms with Gasteiger partial charge in [-0.25, -0.2) is 9.97 Å². The number of carbonyl (C=O) groups is 1. The van der Waals surface area contributed by atoms with Gasteiger partial charge in [-0.2, -0.15) is 0 Å². The van der Waals surface area contributed by atoms with Crippen molar-refractivity contribution in [2.45, 2.75) is 39.2 Å². The average molecular weight is 416 g/mol. The largest absolute Gasteiger partial charge is 0.347 e. The number of pyridine rings is 1. The summed E-state index contributed by atoms with van der Waals surface area (Å²) in [6.45, 7) is 4.86. The highest BCUT2D eigenvalue weighted by atomic mass is 16.2. The number of benzene rings is 1. The quantitative estimate of drug-likeness (QED) is 0.627. The summed E-state index contributed by atoms with van der Waals surface area (Å²) in [6, 6.07) is 10.1. The zero-order valence-corrected chi connectivity index (χ0v) is 18.7. The van der Waals surface area contributed by atoms with E-state index in [1.165, 1.54) is 5.56 Å². The number of amides is 1. The van der Waals surface area contributed by atoms with Crippen LogP contribution >= 0.6 is 0 Å². The topological polar surface area (TPSA) is 62.2 Å². The lowest BCUT2D eigenvalue weighted by atomic mass is 9.97. The zero-order valence-electron chi connectivity index (χ0n) is 18.7. The molecule has 6 heteroatoms. The molecule has 1 aliphatic rings. The van der Waals surface area contributed by atoms with Crippen LogP contribution in [0.3, 0.4) is 0 Å². The number of nitrogens with zero attached hydrogens (tertiary/aromatic N) is 5. The maximum atomic E-state index is 13.3. The third-order valence-corrected chi connectivity index (χ3v) is 5.88.